The van der Waals surface area contributed by atoms with Crippen molar-refractivity contribution in [3.63, 3.8) is 0 Å². The number of nitrogens with one attached hydrogen (secondary N) is 1. The second-order valence-corrected chi connectivity index (χ2v) is 4.16. The first kappa shape index (κ1) is 12.1. The summed E-state index contributed by atoms with van der Waals surface area (Å²) >= 11 is 0. The Kier molecular flexibility index (Phi) is 4.21. The number of rotatable bonds is 4. The van der Waals surface area contributed by atoms with Gasteiger partial charge in [-0.25, -0.2) is 8.78 Å². The molecule has 0 saturated heterocycles. The summed E-state index contributed by atoms with van der Waals surface area (Å²) in [7, 11) is 0. The minimum Gasteiger partial charge on any atom is -0.312 e. The lowest BCUT2D eigenvalue weighted by molar-refractivity contribution is 0.477. The van der Waals surface area contributed by atoms with Crippen LogP contribution in [0.3, 0.4) is 0 Å². The van der Waals surface area contributed by atoms with E-state index in [1.54, 1.807) is 0 Å². The zero-order chi connectivity index (χ0) is 11.4. The quantitative estimate of drug-likeness (QED) is 0.811. The van der Waals surface area contributed by atoms with Gasteiger partial charge in [0, 0.05) is 18.2 Å². The van der Waals surface area contributed by atoms with Gasteiger partial charge in [-0.3, -0.25) is 0 Å². The molecular weight excluding hydrogens is 196 g/mol. The van der Waals surface area contributed by atoms with E-state index in [4.69, 9.17) is 0 Å². The van der Waals surface area contributed by atoms with Gasteiger partial charge >= 0.3 is 0 Å². The van der Waals surface area contributed by atoms with E-state index in [-0.39, 0.29) is 6.04 Å². The van der Waals surface area contributed by atoms with Crippen molar-refractivity contribution in [2.75, 3.05) is 0 Å². The molecule has 0 radical (unpaired) electrons. The molecule has 15 heavy (non-hydrogen) atoms. The van der Waals surface area contributed by atoms with Crippen LogP contribution < -0.4 is 5.32 Å². The molecular formula is C12H17F2N. The average molecular weight is 213 g/mol. The third kappa shape index (κ3) is 3.96. The molecule has 1 aromatic rings. The van der Waals surface area contributed by atoms with E-state index in [0.717, 1.165) is 6.07 Å². The first-order valence-electron chi connectivity index (χ1n) is 5.19. The third-order valence-corrected chi connectivity index (χ3v) is 2.16. The highest BCUT2D eigenvalue weighted by atomic mass is 19.1. The van der Waals surface area contributed by atoms with Crippen LogP contribution in [0.1, 0.15) is 26.3 Å². The van der Waals surface area contributed by atoms with Crippen molar-refractivity contribution in [1.82, 2.24) is 5.32 Å². The smallest absolute Gasteiger partial charge is 0.129 e. The highest BCUT2D eigenvalue weighted by molar-refractivity contribution is 5.19. The zero-order valence-electron chi connectivity index (χ0n) is 9.35. The molecule has 1 unspecified atom stereocenters. The maximum absolute atomic E-state index is 13.3. The molecule has 1 nitrogen and oxygen atoms in total. The fourth-order valence-corrected chi connectivity index (χ4v) is 1.65. The molecule has 0 aliphatic heterocycles. The molecule has 1 rings (SSSR count). The summed E-state index contributed by atoms with van der Waals surface area (Å²) in [6.07, 6.45) is 0.574. The van der Waals surface area contributed by atoms with Crippen LogP contribution >= 0.6 is 0 Å². The second-order valence-electron chi connectivity index (χ2n) is 4.16. The average Bonchev–Trinajstić information content (AvgIpc) is 2.08. The highest BCUT2D eigenvalue weighted by Crippen LogP contribution is 2.11. The van der Waals surface area contributed by atoms with Crippen molar-refractivity contribution in [3.05, 3.63) is 35.4 Å². The molecule has 0 bridgehead atoms. The molecule has 0 saturated carbocycles. The van der Waals surface area contributed by atoms with Crippen LogP contribution in [0.4, 0.5) is 8.78 Å². The molecule has 0 spiro atoms. The first-order chi connectivity index (χ1) is 6.99. The monoisotopic (exact) mass is 213 g/mol. The van der Waals surface area contributed by atoms with E-state index in [1.807, 2.05) is 20.8 Å². The lowest BCUT2D eigenvalue weighted by atomic mass is 10.1. The summed E-state index contributed by atoms with van der Waals surface area (Å²) in [6.45, 7) is 6.07. The van der Waals surface area contributed by atoms with Crippen molar-refractivity contribution >= 4 is 0 Å². The Hall–Kier alpha value is -0.960. The van der Waals surface area contributed by atoms with Gasteiger partial charge < -0.3 is 5.32 Å². The molecule has 3 heteroatoms. The van der Waals surface area contributed by atoms with Gasteiger partial charge in [-0.05, 0) is 25.0 Å². The van der Waals surface area contributed by atoms with Crippen LogP contribution in [0.15, 0.2) is 18.2 Å². The topological polar surface area (TPSA) is 12.0 Å². The van der Waals surface area contributed by atoms with E-state index in [0.29, 0.717) is 18.0 Å². The van der Waals surface area contributed by atoms with Crippen LogP contribution in [0.5, 0.6) is 0 Å². The van der Waals surface area contributed by atoms with E-state index < -0.39 is 11.6 Å². The fourth-order valence-electron chi connectivity index (χ4n) is 1.65. The van der Waals surface area contributed by atoms with Crippen LogP contribution in [-0.2, 0) is 6.42 Å². The summed E-state index contributed by atoms with van der Waals surface area (Å²) in [6, 6.07) is 4.27. The molecule has 0 amide bonds. The Balaban J connectivity index is 2.64. The van der Waals surface area contributed by atoms with E-state index in [1.165, 1.54) is 12.1 Å². The van der Waals surface area contributed by atoms with Crippen LogP contribution in [0, 0.1) is 11.6 Å². The Morgan fingerprint density at radius 1 is 1.20 bits per heavy atom. The molecule has 1 atom stereocenters. The van der Waals surface area contributed by atoms with Crippen molar-refractivity contribution in [3.8, 4) is 0 Å². The van der Waals surface area contributed by atoms with Crippen molar-refractivity contribution in [2.24, 2.45) is 0 Å². The molecule has 84 valence electrons. The Labute approximate surface area is 89.5 Å². The van der Waals surface area contributed by atoms with Gasteiger partial charge in [0.2, 0.25) is 0 Å². The predicted molar refractivity (Wildman–Crippen MR) is 57.8 cm³/mol. The van der Waals surface area contributed by atoms with Crippen molar-refractivity contribution < 1.29 is 8.78 Å². The molecule has 0 aliphatic rings. The largest absolute Gasteiger partial charge is 0.312 e. The SMILES string of the molecule is CC(C)NC(C)Cc1ccc(F)cc1F. The number of halogens is 2. The lowest BCUT2D eigenvalue weighted by Crippen LogP contribution is -2.34. The standard InChI is InChI=1S/C12H17F2N/c1-8(2)15-9(3)6-10-4-5-11(13)7-12(10)14/h4-5,7-9,15H,6H2,1-3H3. The van der Waals surface area contributed by atoms with Crippen molar-refractivity contribution in [1.29, 1.82) is 0 Å². The van der Waals surface area contributed by atoms with E-state index in [9.17, 15) is 8.78 Å². The normalized spacial score (nSPS) is 13.2. The minimum absolute atomic E-state index is 0.185. The van der Waals surface area contributed by atoms with Gasteiger partial charge in [0.25, 0.3) is 0 Å². The van der Waals surface area contributed by atoms with E-state index in [2.05, 4.69) is 5.32 Å². The third-order valence-electron chi connectivity index (χ3n) is 2.16. The summed E-state index contributed by atoms with van der Waals surface area (Å²) in [5.74, 6) is -0.992. The number of hydrogen-bond acceptors (Lipinski definition) is 1. The maximum Gasteiger partial charge on any atom is 0.129 e. The molecule has 0 aliphatic carbocycles. The molecule has 0 fully saturated rings. The maximum atomic E-state index is 13.3. The predicted octanol–water partition coefficient (Wildman–Crippen LogP) is 2.89. The molecule has 1 aromatic carbocycles. The Morgan fingerprint density at radius 2 is 1.87 bits per heavy atom. The number of hydrogen-bond donors (Lipinski definition) is 1. The van der Waals surface area contributed by atoms with Crippen LogP contribution in [0.25, 0.3) is 0 Å². The minimum atomic E-state index is -0.527. The van der Waals surface area contributed by atoms with Crippen molar-refractivity contribution in [2.45, 2.75) is 39.3 Å². The molecule has 0 aromatic heterocycles. The van der Waals surface area contributed by atoms with E-state index >= 15 is 0 Å². The Morgan fingerprint density at radius 3 is 2.40 bits per heavy atom. The number of benzene rings is 1. The Bertz CT molecular complexity index is 323. The molecule has 1 N–H and O–H groups in total. The van der Waals surface area contributed by atoms with Gasteiger partial charge in [0.1, 0.15) is 11.6 Å². The summed E-state index contributed by atoms with van der Waals surface area (Å²) < 4.78 is 25.9. The zero-order valence-corrected chi connectivity index (χ0v) is 9.35. The second kappa shape index (κ2) is 5.21. The summed E-state index contributed by atoms with van der Waals surface area (Å²) in [4.78, 5) is 0. The van der Waals surface area contributed by atoms with Gasteiger partial charge in [-0.1, -0.05) is 19.9 Å². The van der Waals surface area contributed by atoms with Gasteiger partial charge in [-0.15, -0.1) is 0 Å². The summed E-state index contributed by atoms with van der Waals surface area (Å²) in [5, 5.41) is 3.27. The van der Waals surface area contributed by atoms with Gasteiger partial charge in [-0.2, -0.15) is 0 Å². The molecule has 0 heterocycles. The van der Waals surface area contributed by atoms with Gasteiger partial charge in [0.15, 0.2) is 0 Å². The highest BCUT2D eigenvalue weighted by Gasteiger charge is 2.09. The van der Waals surface area contributed by atoms with Crippen LogP contribution in [0.2, 0.25) is 0 Å². The first-order valence-corrected chi connectivity index (χ1v) is 5.19. The summed E-state index contributed by atoms with van der Waals surface area (Å²) in [5.41, 5.74) is 0.553. The fraction of sp³-hybridized carbons (Fsp3) is 0.500. The van der Waals surface area contributed by atoms with Crippen LogP contribution in [-0.4, -0.2) is 12.1 Å². The lowest BCUT2D eigenvalue weighted by Gasteiger charge is -2.17. The van der Waals surface area contributed by atoms with Gasteiger partial charge in [0.05, 0.1) is 0 Å².